The first-order valence-corrected chi connectivity index (χ1v) is 6.63. The highest BCUT2D eigenvalue weighted by molar-refractivity contribution is 5.00. The molecule has 0 rings (SSSR count). The van der Waals surface area contributed by atoms with E-state index in [1.807, 2.05) is 0 Å². The molecule has 0 aliphatic carbocycles. The van der Waals surface area contributed by atoms with Gasteiger partial charge in [0.1, 0.15) is 0 Å². The summed E-state index contributed by atoms with van der Waals surface area (Å²) >= 11 is 0. The quantitative estimate of drug-likeness (QED) is 0.416. The van der Waals surface area contributed by atoms with E-state index < -0.39 is 0 Å². The van der Waals surface area contributed by atoms with Gasteiger partial charge in [0.2, 0.25) is 0 Å². The third kappa shape index (κ3) is 6.35. The summed E-state index contributed by atoms with van der Waals surface area (Å²) in [5, 5.41) is 0. The minimum Gasteiger partial charge on any atom is -0.0880 e. The van der Waals surface area contributed by atoms with E-state index in [1.165, 1.54) is 19.3 Å². The molecule has 0 fully saturated rings. The Kier molecular flexibility index (Phi) is 5.29. The molecule has 0 nitrogen and oxygen atoms in total. The van der Waals surface area contributed by atoms with Crippen LogP contribution in [0.15, 0.2) is 12.2 Å². The lowest BCUT2D eigenvalue weighted by atomic mass is 9.69. The van der Waals surface area contributed by atoms with Crippen LogP contribution in [0.25, 0.3) is 0 Å². The fourth-order valence-corrected chi connectivity index (χ4v) is 1.38. The second-order valence-electron chi connectivity index (χ2n) is 7.83. The predicted molar refractivity (Wildman–Crippen MR) is 75.7 cm³/mol. The second kappa shape index (κ2) is 5.38. The molecule has 0 heterocycles. The number of hydrogen-bond donors (Lipinski definition) is 0. The Morgan fingerprint density at radius 2 is 1.31 bits per heavy atom. The summed E-state index contributed by atoms with van der Waals surface area (Å²) < 4.78 is 0. The number of allylic oxidation sites excluding steroid dienone is 2. The van der Waals surface area contributed by atoms with Crippen LogP contribution in [0.1, 0.15) is 74.7 Å². The second-order valence-corrected chi connectivity index (χ2v) is 7.83. The fraction of sp³-hybridized carbons (Fsp3) is 0.875. The molecule has 0 atom stereocenters. The molecule has 0 aliphatic heterocycles. The van der Waals surface area contributed by atoms with Crippen molar-refractivity contribution < 1.29 is 0 Å². The van der Waals surface area contributed by atoms with Crippen molar-refractivity contribution in [1.82, 2.24) is 0 Å². The van der Waals surface area contributed by atoms with Gasteiger partial charge in [0.15, 0.2) is 0 Å². The molecule has 0 radical (unpaired) electrons. The van der Waals surface area contributed by atoms with Crippen LogP contribution in [0.2, 0.25) is 0 Å². The van der Waals surface area contributed by atoms with E-state index >= 15 is 0 Å². The van der Waals surface area contributed by atoms with Crippen molar-refractivity contribution in [3.05, 3.63) is 12.2 Å². The molecule has 0 saturated heterocycles. The summed E-state index contributed by atoms with van der Waals surface area (Å²) in [6.07, 6.45) is 8.61. The van der Waals surface area contributed by atoms with Crippen LogP contribution in [0.3, 0.4) is 0 Å². The van der Waals surface area contributed by atoms with E-state index in [9.17, 15) is 0 Å². The molecule has 0 aromatic rings. The Morgan fingerprint density at radius 1 is 0.812 bits per heavy atom. The molecule has 0 saturated carbocycles. The number of hydrogen-bond acceptors (Lipinski definition) is 0. The molecule has 0 spiro atoms. The van der Waals surface area contributed by atoms with E-state index in [0.717, 1.165) is 0 Å². The van der Waals surface area contributed by atoms with Crippen molar-refractivity contribution in [2.45, 2.75) is 74.7 Å². The van der Waals surface area contributed by atoms with Gasteiger partial charge >= 0.3 is 0 Å². The summed E-state index contributed by atoms with van der Waals surface area (Å²) in [6.45, 7) is 18.5. The Labute approximate surface area is 104 Å². The first-order valence-electron chi connectivity index (χ1n) is 6.63. The first kappa shape index (κ1) is 15.7. The van der Waals surface area contributed by atoms with Gasteiger partial charge in [0, 0.05) is 0 Å². The van der Waals surface area contributed by atoms with E-state index in [1.54, 1.807) is 0 Å². The molecule has 16 heavy (non-hydrogen) atoms. The molecule has 0 N–H and O–H groups in total. The van der Waals surface area contributed by atoms with Crippen molar-refractivity contribution in [2.75, 3.05) is 0 Å². The monoisotopic (exact) mass is 224 g/mol. The van der Waals surface area contributed by atoms with E-state index in [2.05, 4.69) is 67.5 Å². The van der Waals surface area contributed by atoms with Crippen molar-refractivity contribution in [3.8, 4) is 0 Å². The highest BCUT2D eigenvalue weighted by atomic mass is 14.3. The van der Waals surface area contributed by atoms with Crippen LogP contribution < -0.4 is 0 Å². The van der Waals surface area contributed by atoms with Gasteiger partial charge in [0.05, 0.1) is 0 Å². The van der Waals surface area contributed by atoms with Crippen LogP contribution in [-0.4, -0.2) is 0 Å². The zero-order chi connectivity index (χ0) is 13.0. The molecule has 0 aromatic heterocycles. The summed E-state index contributed by atoms with van der Waals surface area (Å²) in [6, 6.07) is 0. The zero-order valence-corrected chi connectivity index (χ0v) is 12.8. The van der Waals surface area contributed by atoms with E-state index in [4.69, 9.17) is 0 Å². The van der Waals surface area contributed by atoms with Gasteiger partial charge in [-0.1, -0.05) is 67.5 Å². The van der Waals surface area contributed by atoms with Gasteiger partial charge in [-0.15, -0.1) is 0 Å². The standard InChI is InChI=1S/C16H32/c1-14(2,3)12-10-9-11-13-16(7,8)15(4,5)6/h11,13H,9-10,12H2,1-8H3/b13-11+. The lowest BCUT2D eigenvalue weighted by Crippen LogP contribution is -2.27. The van der Waals surface area contributed by atoms with Crippen LogP contribution in [0, 0.1) is 16.2 Å². The summed E-state index contributed by atoms with van der Waals surface area (Å²) in [7, 11) is 0. The van der Waals surface area contributed by atoms with Gasteiger partial charge in [-0.25, -0.2) is 0 Å². The predicted octanol–water partition coefficient (Wildman–Crippen LogP) is 5.83. The summed E-state index contributed by atoms with van der Waals surface area (Å²) in [4.78, 5) is 0. The minimum absolute atomic E-state index is 0.286. The summed E-state index contributed by atoms with van der Waals surface area (Å²) in [5.74, 6) is 0. The van der Waals surface area contributed by atoms with Crippen LogP contribution in [0.4, 0.5) is 0 Å². The summed E-state index contributed by atoms with van der Waals surface area (Å²) in [5.41, 5.74) is 1.11. The molecule has 0 amide bonds. The average Bonchev–Trinajstić information content (AvgIpc) is 1.98. The number of unbranched alkanes of at least 4 members (excludes halogenated alkanes) is 1. The zero-order valence-electron chi connectivity index (χ0n) is 12.8. The lowest BCUT2D eigenvalue weighted by Gasteiger charge is -2.36. The highest BCUT2D eigenvalue weighted by Gasteiger charge is 2.29. The Morgan fingerprint density at radius 3 is 1.69 bits per heavy atom. The maximum absolute atomic E-state index is 2.40. The molecular weight excluding hydrogens is 192 g/mol. The van der Waals surface area contributed by atoms with Gasteiger partial charge < -0.3 is 0 Å². The molecule has 0 heteroatoms. The fourth-order valence-electron chi connectivity index (χ4n) is 1.38. The van der Waals surface area contributed by atoms with Crippen molar-refractivity contribution in [2.24, 2.45) is 16.2 Å². The largest absolute Gasteiger partial charge is 0.0880 e. The lowest BCUT2D eigenvalue weighted by molar-refractivity contribution is 0.192. The molecule has 96 valence electrons. The van der Waals surface area contributed by atoms with Gasteiger partial charge in [-0.2, -0.15) is 0 Å². The van der Waals surface area contributed by atoms with Crippen molar-refractivity contribution in [3.63, 3.8) is 0 Å². The Bertz CT molecular complexity index is 217. The maximum atomic E-state index is 2.40. The Hall–Kier alpha value is -0.260. The third-order valence-corrected chi connectivity index (χ3v) is 3.77. The smallest absolute Gasteiger partial charge is 0.0126 e. The average molecular weight is 224 g/mol. The van der Waals surface area contributed by atoms with Gasteiger partial charge in [-0.3, -0.25) is 0 Å². The van der Waals surface area contributed by atoms with E-state index in [0.29, 0.717) is 10.8 Å². The van der Waals surface area contributed by atoms with Gasteiger partial charge in [-0.05, 0) is 35.5 Å². The van der Waals surface area contributed by atoms with Crippen LogP contribution in [0.5, 0.6) is 0 Å². The Balaban J connectivity index is 4.03. The maximum Gasteiger partial charge on any atom is -0.0126 e. The highest BCUT2D eigenvalue weighted by Crippen LogP contribution is 2.39. The van der Waals surface area contributed by atoms with Crippen LogP contribution >= 0.6 is 0 Å². The molecule has 0 aromatic carbocycles. The van der Waals surface area contributed by atoms with E-state index in [-0.39, 0.29) is 5.41 Å². The van der Waals surface area contributed by atoms with Crippen LogP contribution in [-0.2, 0) is 0 Å². The molecule has 0 aliphatic rings. The number of rotatable bonds is 4. The van der Waals surface area contributed by atoms with Gasteiger partial charge in [0.25, 0.3) is 0 Å². The normalized spacial score (nSPS) is 14.8. The van der Waals surface area contributed by atoms with Crippen molar-refractivity contribution >= 4 is 0 Å². The SMILES string of the molecule is CC(C)(C)CCC/C=C/C(C)(C)C(C)(C)C. The third-order valence-electron chi connectivity index (χ3n) is 3.77. The first-order chi connectivity index (χ1) is 6.96. The molecule has 0 bridgehead atoms. The van der Waals surface area contributed by atoms with Crippen molar-refractivity contribution in [1.29, 1.82) is 0 Å². The topological polar surface area (TPSA) is 0 Å². The minimum atomic E-state index is 0.286. The molecular formula is C16H32. The molecule has 0 unspecified atom stereocenters.